The second kappa shape index (κ2) is 6.50. The number of benzene rings is 2. The van der Waals surface area contributed by atoms with Gasteiger partial charge in [0.15, 0.2) is 5.78 Å². The molecular formula is C15H11Br2FO2. The van der Waals surface area contributed by atoms with Gasteiger partial charge < -0.3 is 4.74 Å². The lowest BCUT2D eigenvalue weighted by molar-refractivity contribution is 0.0988. The Labute approximate surface area is 133 Å². The molecule has 0 aliphatic carbocycles. The minimum atomic E-state index is -0.529. The molecule has 0 fully saturated rings. The first-order valence-corrected chi connectivity index (χ1v) is 7.40. The second-order valence-electron chi connectivity index (χ2n) is 4.18. The monoisotopic (exact) mass is 400 g/mol. The summed E-state index contributed by atoms with van der Waals surface area (Å²) in [5.41, 5.74) is 0.796. The van der Waals surface area contributed by atoms with Gasteiger partial charge in [-0.15, -0.1) is 0 Å². The number of ether oxygens (including phenoxy) is 1. The summed E-state index contributed by atoms with van der Waals surface area (Å²) < 4.78 is 20.4. The van der Waals surface area contributed by atoms with Gasteiger partial charge in [0.2, 0.25) is 0 Å². The van der Waals surface area contributed by atoms with Gasteiger partial charge in [-0.2, -0.15) is 0 Å². The Balaban J connectivity index is 2.30. The average Bonchev–Trinajstić information content (AvgIpc) is 2.38. The van der Waals surface area contributed by atoms with Crippen molar-refractivity contribution in [1.29, 1.82) is 0 Å². The van der Waals surface area contributed by atoms with Crippen molar-refractivity contribution in [2.75, 3.05) is 7.11 Å². The van der Waals surface area contributed by atoms with Gasteiger partial charge >= 0.3 is 0 Å². The number of halogens is 3. The average molecular weight is 402 g/mol. The number of hydrogen-bond acceptors (Lipinski definition) is 2. The summed E-state index contributed by atoms with van der Waals surface area (Å²) in [4.78, 5) is 12.2. The lowest BCUT2D eigenvalue weighted by Crippen LogP contribution is -2.07. The highest BCUT2D eigenvalue weighted by atomic mass is 79.9. The van der Waals surface area contributed by atoms with E-state index in [0.717, 1.165) is 4.47 Å². The second-order valence-corrected chi connectivity index (χ2v) is 6.01. The van der Waals surface area contributed by atoms with Crippen molar-refractivity contribution in [2.24, 2.45) is 0 Å². The number of Topliss-reactive ketones (excluding diaryl/α,β-unsaturated/α-hetero) is 1. The van der Waals surface area contributed by atoms with Crippen molar-refractivity contribution in [3.05, 3.63) is 62.3 Å². The van der Waals surface area contributed by atoms with Crippen LogP contribution in [0.2, 0.25) is 0 Å². The Morgan fingerprint density at radius 3 is 2.45 bits per heavy atom. The van der Waals surface area contributed by atoms with Gasteiger partial charge in [-0.25, -0.2) is 4.39 Å². The molecule has 0 bridgehead atoms. The maximum atomic E-state index is 13.8. The molecule has 0 saturated carbocycles. The molecule has 0 radical (unpaired) electrons. The molecule has 20 heavy (non-hydrogen) atoms. The number of methoxy groups -OCH3 is 1. The van der Waals surface area contributed by atoms with E-state index >= 15 is 0 Å². The Morgan fingerprint density at radius 1 is 1.15 bits per heavy atom. The van der Waals surface area contributed by atoms with Crippen LogP contribution < -0.4 is 4.74 Å². The molecule has 0 spiro atoms. The van der Waals surface area contributed by atoms with Gasteiger partial charge in [-0.1, -0.05) is 31.9 Å². The summed E-state index contributed by atoms with van der Waals surface area (Å²) in [6.07, 6.45) is 0.0845. The molecule has 0 saturated heterocycles. The van der Waals surface area contributed by atoms with Crippen molar-refractivity contribution in [3.63, 3.8) is 0 Å². The van der Waals surface area contributed by atoms with Gasteiger partial charge in [-0.3, -0.25) is 4.79 Å². The Morgan fingerprint density at radius 2 is 1.80 bits per heavy atom. The van der Waals surface area contributed by atoms with Crippen LogP contribution in [-0.4, -0.2) is 12.9 Å². The first-order valence-electron chi connectivity index (χ1n) is 5.82. The number of carbonyl (C=O) groups excluding carboxylic acids is 1. The molecule has 2 nitrogen and oxygen atoms in total. The summed E-state index contributed by atoms with van der Waals surface area (Å²) in [7, 11) is 1.54. The zero-order chi connectivity index (χ0) is 14.7. The van der Waals surface area contributed by atoms with Crippen molar-refractivity contribution < 1.29 is 13.9 Å². The van der Waals surface area contributed by atoms with Gasteiger partial charge in [-0.05, 0) is 36.4 Å². The van der Waals surface area contributed by atoms with Crippen LogP contribution in [-0.2, 0) is 6.42 Å². The van der Waals surface area contributed by atoms with Crippen molar-refractivity contribution in [2.45, 2.75) is 6.42 Å². The zero-order valence-corrected chi connectivity index (χ0v) is 13.8. The third-order valence-electron chi connectivity index (χ3n) is 2.82. The van der Waals surface area contributed by atoms with Crippen LogP contribution in [0.15, 0.2) is 45.3 Å². The molecule has 0 N–H and O–H groups in total. The van der Waals surface area contributed by atoms with E-state index in [1.54, 1.807) is 18.2 Å². The van der Waals surface area contributed by atoms with E-state index in [2.05, 4.69) is 31.9 Å². The molecule has 104 valence electrons. The molecule has 2 rings (SSSR count). The molecule has 0 heterocycles. The third-order valence-corrected chi connectivity index (χ3v) is 3.81. The van der Waals surface area contributed by atoms with E-state index in [0.29, 0.717) is 15.8 Å². The SMILES string of the molecule is COc1ccc(Br)cc1CC(=O)c1ccc(Br)cc1F. The highest BCUT2D eigenvalue weighted by Crippen LogP contribution is 2.25. The van der Waals surface area contributed by atoms with Crippen molar-refractivity contribution >= 4 is 37.6 Å². The lowest BCUT2D eigenvalue weighted by Gasteiger charge is -2.09. The smallest absolute Gasteiger partial charge is 0.170 e. The molecule has 0 atom stereocenters. The number of ketones is 1. The van der Waals surface area contributed by atoms with Crippen LogP contribution in [0.3, 0.4) is 0 Å². The fourth-order valence-electron chi connectivity index (χ4n) is 1.87. The van der Waals surface area contributed by atoms with E-state index < -0.39 is 5.82 Å². The fraction of sp³-hybridized carbons (Fsp3) is 0.133. The molecule has 0 aromatic heterocycles. The van der Waals surface area contributed by atoms with E-state index in [1.165, 1.54) is 19.2 Å². The van der Waals surface area contributed by atoms with Crippen LogP contribution in [0.1, 0.15) is 15.9 Å². The van der Waals surface area contributed by atoms with E-state index in [-0.39, 0.29) is 17.8 Å². The maximum absolute atomic E-state index is 13.8. The third kappa shape index (κ3) is 3.46. The van der Waals surface area contributed by atoms with Crippen molar-refractivity contribution in [3.8, 4) is 5.75 Å². The van der Waals surface area contributed by atoms with Gasteiger partial charge in [0.1, 0.15) is 11.6 Å². The quantitative estimate of drug-likeness (QED) is 0.688. The summed E-state index contributed by atoms with van der Waals surface area (Å²) in [5.74, 6) is -0.205. The highest BCUT2D eigenvalue weighted by molar-refractivity contribution is 9.10. The maximum Gasteiger partial charge on any atom is 0.170 e. The number of hydrogen-bond donors (Lipinski definition) is 0. The van der Waals surface area contributed by atoms with E-state index in [9.17, 15) is 9.18 Å². The Hall–Kier alpha value is -1.20. The van der Waals surface area contributed by atoms with E-state index in [4.69, 9.17) is 4.74 Å². The zero-order valence-electron chi connectivity index (χ0n) is 10.6. The van der Waals surface area contributed by atoms with E-state index in [1.807, 2.05) is 6.07 Å². The normalized spacial score (nSPS) is 10.4. The van der Waals surface area contributed by atoms with Crippen LogP contribution in [0, 0.1) is 5.82 Å². The van der Waals surface area contributed by atoms with Crippen molar-refractivity contribution in [1.82, 2.24) is 0 Å². The van der Waals surface area contributed by atoms with Crippen LogP contribution >= 0.6 is 31.9 Å². The topological polar surface area (TPSA) is 26.3 Å². The number of carbonyl (C=O) groups is 1. The standard InChI is InChI=1S/C15H11Br2FO2/c1-20-15-5-3-10(16)6-9(15)7-14(19)12-4-2-11(17)8-13(12)18/h2-6,8H,7H2,1H3. The predicted molar refractivity (Wildman–Crippen MR) is 82.8 cm³/mol. The Kier molecular flexibility index (Phi) is 4.94. The predicted octanol–water partition coefficient (Wildman–Crippen LogP) is 4.78. The molecular weight excluding hydrogens is 391 g/mol. The minimum Gasteiger partial charge on any atom is -0.496 e. The van der Waals surface area contributed by atoms with Gasteiger partial charge in [0.25, 0.3) is 0 Å². The first-order chi connectivity index (χ1) is 9.51. The molecule has 2 aromatic rings. The Bertz CT molecular complexity index is 656. The number of rotatable bonds is 4. The molecule has 0 aliphatic rings. The minimum absolute atomic E-state index is 0.0789. The van der Waals surface area contributed by atoms with Crippen LogP contribution in [0.25, 0.3) is 0 Å². The molecule has 5 heteroatoms. The molecule has 0 amide bonds. The summed E-state index contributed by atoms with van der Waals surface area (Å²) >= 11 is 6.52. The fourth-order valence-corrected chi connectivity index (χ4v) is 2.61. The van der Waals surface area contributed by atoms with Crippen LogP contribution in [0.4, 0.5) is 4.39 Å². The molecule has 0 aliphatic heterocycles. The summed E-state index contributed by atoms with van der Waals surface area (Å²) in [5, 5.41) is 0. The summed E-state index contributed by atoms with van der Waals surface area (Å²) in [6, 6.07) is 9.80. The van der Waals surface area contributed by atoms with Gasteiger partial charge in [0.05, 0.1) is 12.7 Å². The lowest BCUT2D eigenvalue weighted by atomic mass is 10.0. The highest BCUT2D eigenvalue weighted by Gasteiger charge is 2.15. The largest absolute Gasteiger partial charge is 0.496 e. The molecule has 0 unspecified atom stereocenters. The summed E-state index contributed by atoms with van der Waals surface area (Å²) in [6.45, 7) is 0. The van der Waals surface area contributed by atoms with Gasteiger partial charge in [0, 0.05) is 20.9 Å². The van der Waals surface area contributed by atoms with Crippen LogP contribution in [0.5, 0.6) is 5.75 Å². The first kappa shape index (κ1) is 15.2. The molecule has 2 aromatic carbocycles.